The van der Waals surface area contributed by atoms with E-state index in [1.807, 2.05) is 11.4 Å². The molecule has 0 atom stereocenters. The monoisotopic (exact) mass is 359 g/mol. The molecule has 3 nitrogen and oxygen atoms in total. The van der Waals surface area contributed by atoms with E-state index >= 15 is 0 Å². The maximum absolute atomic E-state index is 11.7. The third kappa shape index (κ3) is 3.49. The van der Waals surface area contributed by atoms with Gasteiger partial charge in [0.1, 0.15) is 0 Å². The van der Waals surface area contributed by atoms with Gasteiger partial charge >= 0.3 is 5.97 Å². The van der Waals surface area contributed by atoms with Crippen LogP contribution in [-0.2, 0) is 11.3 Å². The number of ether oxygens (including phenoxy) is 1. The summed E-state index contributed by atoms with van der Waals surface area (Å²) in [6.07, 6.45) is 0. The highest BCUT2D eigenvalue weighted by Crippen LogP contribution is 2.26. The van der Waals surface area contributed by atoms with Crippen LogP contribution in [0.15, 0.2) is 34.1 Å². The number of benzene rings is 1. The molecular weight excluding hydrogens is 350 g/mol. The zero-order chi connectivity index (χ0) is 13.8. The number of methoxy groups -OCH3 is 1. The molecule has 0 aliphatic heterocycles. The molecule has 0 radical (unpaired) electrons. The van der Waals surface area contributed by atoms with E-state index < -0.39 is 5.97 Å². The maximum atomic E-state index is 11.7. The van der Waals surface area contributed by atoms with E-state index in [2.05, 4.69) is 21.2 Å². The molecule has 0 amide bonds. The van der Waals surface area contributed by atoms with E-state index in [9.17, 15) is 4.79 Å². The molecule has 0 bridgehead atoms. The molecule has 0 aliphatic rings. The van der Waals surface area contributed by atoms with Crippen LogP contribution in [0.1, 0.15) is 15.2 Å². The average Bonchev–Trinajstić information content (AvgIpc) is 2.82. The van der Waals surface area contributed by atoms with E-state index in [0.717, 1.165) is 9.35 Å². The summed E-state index contributed by atoms with van der Waals surface area (Å²) in [5, 5.41) is 5.73. The van der Waals surface area contributed by atoms with Crippen molar-refractivity contribution in [2.45, 2.75) is 6.54 Å². The first-order chi connectivity index (χ1) is 9.11. The topological polar surface area (TPSA) is 38.3 Å². The standard InChI is InChI=1S/C13H11BrClNO2S/c1-18-13(17)9-6-8(15)2-3-11(9)16-7-12-10(14)4-5-19-12/h2-6,16H,7H2,1H3. The molecular formula is C13H11BrClNO2S. The number of thiophene rings is 1. The Balaban J connectivity index is 2.20. The highest BCUT2D eigenvalue weighted by atomic mass is 79.9. The van der Waals surface area contributed by atoms with Gasteiger partial charge in [-0.15, -0.1) is 11.3 Å². The molecule has 1 heterocycles. The molecule has 100 valence electrons. The summed E-state index contributed by atoms with van der Waals surface area (Å²) in [6, 6.07) is 7.10. The molecule has 2 aromatic rings. The fraction of sp³-hybridized carbons (Fsp3) is 0.154. The SMILES string of the molecule is COC(=O)c1cc(Cl)ccc1NCc1sccc1Br. The van der Waals surface area contributed by atoms with E-state index in [0.29, 0.717) is 22.8 Å². The van der Waals surface area contributed by atoms with E-state index in [-0.39, 0.29) is 0 Å². The van der Waals surface area contributed by atoms with Gasteiger partial charge in [-0.05, 0) is 45.6 Å². The Morgan fingerprint density at radius 2 is 2.26 bits per heavy atom. The van der Waals surface area contributed by atoms with Gasteiger partial charge in [-0.1, -0.05) is 11.6 Å². The van der Waals surface area contributed by atoms with Crippen molar-refractivity contribution < 1.29 is 9.53 Å². The van der Waals surface area contributed by atoms with Crippen molar-refractivity contribution in [1.82, 2.24) is 0 Å². The first-order valence-corrected chi connectivity index (χ1v) is 7.50. The van der Waals surface area contributed by atoms with E-state index in [1.54, 1.807) is 29.5 Å². The molecule has 0 spiro atoms. The number of halogens is 2. The molecule has 0 fully saturated rings. The fourth-order valence-electron chi connectivity index (χ4n) is 1.58. The lowest BCUT2D eigenvalue weighted by molar-refractivity contribution is 0.0602. The smallest absolute Gasteiger partial charge is 0.340 e. The molecule has 0 saturated heterocycles. The summed E-state index contributed by atoms with van der Waals surface area (Å²) in [5.74, 6) is -0.407. The Kier molecular flexibility index (Phi) is 4.85. The van der Waals surface area contributed by atoms with Crippen LogP contribution >= 0.6 is 38.9 Å². The molecule has 1 aromatic carbocycles. The van der Waals surface area contributed by atoms with Crippen LogP contribution in [0.25, 0.3) is 0 Å². The zero-order valence-corrected chi connectivity index (χ0v) is 13.2. The predicted molar refractivity (Wildman–Crippen MR) is 82.1 cm³/mol. The summed E-state index contributed by atoms with van der Waals surface area (Å²) in [7, 11) is 1.35. The molecule has 6 heteroatoms. The van der Waals surface area contributed by atoms with Crippen LogP contribution < -0.4 is 5.32 Å². The van der Waals surface area contributed by atoms with Crippen molar-refractivity contribution >= 4 is 50.5 Å². The van der Waals surface area contributed by atoms with Gasteiger partial charge in [0.15, 0.2) is 0 Å². The highest BCUT2D eigenvalue weighted by Gasteiger charge is 2.12. The Morgan fingerprint density at radius 1 is 1.47 bits per heavy atom. The number of hydrogen-bond donors (Lipinski definition) is 1. The third-order valence-electron chi connectivity index (χ3n) is 2.52. The van der Waals surface area contributed by atoms with Crippen LogP contribution in [0, 0.1) is 0 Å². The molecule has 0 unspecified atom stereocenters. The summed E-state index contributed by atoms with van der Waals surface area (Å²) >= 11 is 11.0. The van der Waals surface area contributed by atoms with Crippen molar-refractivity contribution in [3.63, 3.8) is 0 Å². The lowest BCUT2D eigenvalue weighted by Crippen LogP contribution is -2.08. The van der Waals surface area contributed by atoms with Crippen LogP contribution in [0.4, 0.5) is 5.69 Å². The van der Waals surface area contributed by atoms with Gasteiger partial charge in [0.2, 0.25) is 0 Å². The molecule has 19 heavy (non-hydrogen) atoms. The minimum absolute atomic E-state index is 0.407. The van der Waals surface area contributed by atoms with Crippen LogP contribution in [0.2, 0.25) is 5.02 Å². The minimum atomic E-state index is -0.407. The number of hydrogen-bond acceptors (Lipinski definition) is 4. The van der Waals surface area contributed by atoms with Crippen LogP contribution in [0.5, 0.6) is 0 Å². The molecule has 1 aromatic heterocycles. The molecule has 1 N–H and O–H groups in total. The van der Waals surface area contributed by atoms with Gasteiger partial charge in [-0.25, -0.2) is 4.79 Å². The number of carbonyl (C=O) groups is 1. The number of rotatable bonds is 4. The van der Waals surface area contributed by atoms with Gasteiger partial charge in [-0.2, -0.15) is 0 Å². The second-order valence-corrected chi connectivity index (χ2v) is 6.02. The highest BCUT2D eigenvalue weighted by molar-refractivity contribution is 9.10. The predicted octanol–water partition coefficient (Wildman–Crippen LogP) is 4.56. The Bertz CT molecular complexity index is 600. The lowest BCUT2D eigenvalue weighted by Gasteiger charge is -2.10. The fourth-order valence-corrected chi connectivity index (χ4v) is 3.18. The van der Waals surface area contributed by atoms with Crippen LogP contribution in [0.3, 0.4) is 0 Å². The molecule has 2 rings (SSSR count). The van der Waals surface area contributed by atoms with E-state index in [4.69, 9.17) is 16.3 Å². The Hall–Kier alpha value is -1.04. The van der Waals surface area contributed by atoms with Crippen molar-refractivity contribution in [2.75, 3.05) is 12.4 Å². The first-order valence-electron chi connectivity index (χ1n) is 5.45. The summed E-state index contributed by atoms with van der Waals surface area (Å²) < 4.78 is 5.80. The van der Waals surface area contributed by atoms with Crippen molar-refractivity contribution in [1.29, 1.82) is 0 Å². The quantitative estimate of drug-likeness (QED) is 0.812. The summed E-state index contributed by atoms with van der Waals surface area (Å²) in [6.45, 7) is 0.629. The van der Waals surface area contributed by atoms with Gasteiger partial charge < -0.3 is 10.1 Å². The lowest BCUT2D eigenvalue weighted by atomic mass is 10.2. The van der Waals surface area contributed by atoms with Crippen molar-refractivity contribution in [3.8, 4) is 0 Å². The number of anilines is 1. The maximum Gasteiger partial charge on any atom is 0.340 e. The second-order valence-electron chi connectivity index (χ2n) is 3.73. The van der Waals surface area contributed by atoms with E-state index in [1.165, 1.54) is 7.11 Å². The number of carbonyl (C=O) groups excluding carboxylic acids is 1. The van der Waals surface area contributed by atoms with Crippen LogP contribution in [-0.4, -0.2) is 13.1 Å². The summed E-state index contributed by atoms with van der Waals surface area (Å²) in [4.78, 5) is 12.8. The van der Waals surface area contributed by atoms with Gasteiger partial charge in [0.05, 0.1) is 19.2 Å². The second kappa shape index (κ2) is 6.41. The first kappa shape index (κ1) is 14.4. The Morgan fingerprint density at radius 3 is 2.89 bits per heavy atom. The van der Waals surface area contributed by atoms with Gasteiger partial charge in [-0.3, -0.25) is 0 Å². The van der Waals surface area contributed by atoms with Crippen molar-refractivity contribution in [2.24, 2.45) is 0 Å². The molecule has 0 aliphatic carbocycles. The number of esters is 1. The number of nitrogens with one attached hydrogen (secondary N) is 1. The molecule has 0 saturated carbocycles. The largest absolute Gasteiger partial charge is 0.465 e. The minimum Gasteiger partial charge on any atom is -0.465 e. The Labute approximate surface area is 128 Å². The average molecular weight is 361 g/mol. The zero-order valence-electron chi connectivity index (χ0n) is 10.1. The van der Waals surface area contributed by atoms with Gasteiger partial charge in [0.25, 0.3) is 0 Å². The normalized spacial score (nSPS) is 10.3. The van der Waals surface area contributed by atoms with Crippen molar-refractivity contribution in [3.05, 3.63) is 49.6 Å². The summed E-state index contributed by atoms with van der Waals surface area (Å²) in [5.41, 5.74) is 1.14. The third-order valence-corrected chi connectivity index (χ3v) is 4.68. The van der Waals surface area contributed by atoms with Gasteiger partial charge in [0, 0.05) is 20.1 Å².